The minimum absolute atomic E-state index is 0.104. The molecule has 7 heteroatoms. The SMILES string of the molecule is Cc1c(N)c(C(F)(F)F)nn1Cc1ccc(F)cc1. The van der Waals surface area contributed by atoms with E-state index in [9.17, 15) is 17.6 Å². The third kappa shape index (κ3) is 2.69. The van der Waals surface area contributed by atoms with E-state index in [1.54, 1.807) is 0 Å². The highest BCUT2D eigenvalue weighted by molar-refractivity contribution is 5.49. The molecular formula is C12H11F4N3. The standard InChI is InChI=1S/C12H11F4N3/c1-7-10(17)11(12(14,15)16)18-19(7)6-8-2-4-9(13)5-3-8/h2-5H,6,17H2,1H3. The molecule has 0 saturated carbocycles. The largest absolute Gasteiger partial charge is 0.437 e. The number of hydrogen-bond acceptors (Lipinski definition) is 2. The Morgan fingerprint density at radius 3 is 2.26 bits per heavy atom. The average molecular weight is 273 g/mol. The number of hydrogen-bond donors (Lipinski definition) is 1. The summed E-state index contributed by atoms with van der Waals surface area (Å²) in [7, 11) is 0. The van der Waals surface area contributed by atoms with Gasteiger partial charge < -0.3 is 5.73 Å². The van der Waals surface area contributed by atoms with Crippen LogP contribution in [0.25, 0.3) is 0 Å². The van der Waals surface area contributed by atoms with Gasteiger partial charge in [0.15, 0.2) is 5.69 Å². The molecule has 2 rings (SSSR count). The van der Waals surface area contributed by atoms with Crippen molar-refractivity contribution in [3.8, 4) is 0 Å². The number of alkyl halides is 3. The molecule has 0 aliphatic carbocycles. The van der Waals surface area contributed by atoms with E-state index in [4.69, 9.17) is 5.73 Å². The summed E-state index contributed by atoms with van der Waals surface area (Å²) in [6.07, 6.45) is -4.58. The molecule has 0 atom stereocenters. The molecular weight excluding hydrogens is 262 g/mol. The van der Waals surface area contributed by atoms with E-state index in [1.165, 1.54) is 31.2 Å². The van der Waals surface area contributed by atoms with Gasteiger partial charge in [0.05, 0.1) is 17.9 Å². The number of rotatable bonds is 2. The predicted octanol–water partition coefficient (Wildman–Crippen LogP) is 2.98. The van der Waals surface area contributed by atoms with E-state index in [0.717, 1.165) is 4.68 Å². The summed E-state index contributed by atoms with van der Waals surface area (Å²) in [6.45, 7) is 1.56. The Kier molecular flexibility index (Phi) is 3.21. The van der Waals surface area contributed by atoms with E-state index >= 15 is 0 Å². The van der Waals surface area contributed by atoms with Crippen LogP contribution in [0.3, 0.4) is 0 Å². The van der Waals surface area contributed by atoms with Gasteiger partial charge >= 0.3 is 6.18 Å². The van der Waals surface area contributed by atoms with Crippen molar-refractivity contribution in [1.29, 1.82) is 0 Å². The lowest BCUT2D eigenvalue weighted by Crippen LogP contribution is -2.10. The van der Waals surface area contributed by atoms with Gasteiger partial charge in [0.2, 0.25) is 0 Å². The molecule has 1 heterocycles. The number of benzene rings is 1. The Morgan fingerprint density at radius 2 is 1.79 bits per heavy atom. The molecule has 0 amide bonds. The van der Waals surface area contributed by atoms with Gasteiger partial charge in [0, 0.05) is 0 Å². The molecule has 1 aromatic heterocycles. The maximum absolute atomic E-state index is 12.7. The zero-order valence-electron chi connectivity index (χ0n) is 10.0. The first kappa shape index (κ1) is 13.4. The third-order valence-electron chi connectivity index (χ3n) is 2.77. The van der Waals surface area contributed by atoms with Gasteiger partial charge in [-0.15, -0.1) is 0 Å². The van der Waals surface area contributed by atoms with Crippen molar-refractivity contribution in [1.82, 2.24) is 9.78 Å². The van der Waals surface area contributed by atoms with E-state index in [2.05, 4.69) is 5.10 Å². The molecule has 19 heavy (non-hydrogen) atoms. The lowest BCUT2D eigenvalue weighted by molar-refractivity contribution is -0.140. The Bertz CT molecular complexity index is 584. The van der Waals surface area contributed by atoms with Crippen LogP contribution >= 0.6 is 0 Å². The van der Waals surface area contributed by atoms with Gasteiger partial charge in [0.1, 0.15) is 5.82 Å². The molecule has 0 spiro atoms. The fourth-order valence-electron chi connectivity index (χ4n) is 1.69. The highest BCUT2D eigenvalue weighted by atomic mass is 19.4. The minimum Gasteiger partial charge on any atom is -0.395 e. The molecule has 102 valence electrons. The molecule has 0 bridgehead atoms. The van der Waals surface area contributed by atoms with Gasteiger partial charge in [-0.1, -0.05) is 12.1 Å². The summed E-state index contributed by atoms with van der Waals surface area (Å²) in [6, 6.07) is 5.45. The highest BCUT2D eigenvalue weighted by Gasteiger charge is 2.37. The van der Waals surface area contributed by atoms with Gasteiger partial charge in [-0.25, -0.2) is 4.39 Å². The maximum Gasteiger partial charge on any atom is 0.437 e. The number of halogens is 4. The molecule has 0 aliphatic rings. The Hall–Kier alpha value is -2.05. The quantitative estimate of drug-likeness (QED) is 0.855. The molecule has 0 saturated heterocycles. The van der Waals surface area contributed by atoms with E-state index in [1.807, 2.05) is 0 Å². The van der Waals surface area contributed by atoms with Crippen molar-refractivity contribution >= 4 is 5.69 Å². The van der Waals surface area contributed by atoms with Crippen molar-refractivity contribution in [2.75, 3.05) is 5.73 Å². The molecule has 2 N–H and O–H groups in total. The summed E-state index contributed by atoms with van der Waals surface area (Å²) in [5.74, 6) is -0.406. The van der Waals surface area contributed by atoms with E-state index < -0.39 is 17.7 Å². The van der Waals surface area contributed by atoms with Crippen molar-refractivity contribution in [3.63, 3.8) is 0 Å². The molecule has 2 aromatic rings. The number of aromatic nitrogens is 2. The van der Waals surface area contributed by atoms with Gasteiger partial charge in [0.25, 0.3) is 0 Å². The first-order valence-electron chi connectivity index (χ1n) is 5.43. The normalized spacial score (nSPS) is 11.8. The lowest BCUT2D eigenvalue weighted by Gasteiger charge is -2.04. The van der Waals surface area contributed by atoms with Crippen molar-refractivity contribution < 1.29 is 17.6 Å². The maximum atomic E-state index is 12.7. The summed E-state index contributed by atoms with van der Waals surface area (Å²) >= 11 is 0. The van der Waals surface area contributed by atoms with Crippen LogP contribution in [0, 0.1) is 12.7 Å². The van der Waals surface area contributed by atoms with Crippen molar-refractivity contribution in [2.45, 2.75) is 19.6 Å². The highest BCUT2D eigenvalue weighted by Crippen LogP contribution is 2.34. The summed E-state index contributed by atoms with van der Waals surface area (Å²) < 4.78 is 51.8. The first-order valence-corrected chi connectivity index (χ1v) is 5.43. The van der Waals surface area contributed by atoms with Crippen LogP contribution in [0.1, 0.15) is 17.0 Å². The Morgan fingerprint density at radius 1 is 1.21 bits per heavy atom. The van der Waals surface area contributed by atoms with Crippen molar-refractivity contribution in [3.05, 3.63) is 47.0 Å². The van der Waals surface area contributed by atoms with Crippen LogP contribution in [0.15, 0.2) is 24.3 Å². The van der Waals surface area contributed by atoms with Crippen LogP contribution in [0.4, 0.5) is 23.2 Å². The summed E-state index contributed by atoms with van der Waals surface area (Å²) in [5, 5.41) is 3.47. The van der Waals surface area contributed by atoms with Crippen LogP contribution in [-0.2, 0) is 12.7 Å². The second kappa shape index (κ2) is 4.56. The van der Waals surface area contributed by atoms with E-state index in [-0.39, 0.29) is 17.9 Å². The smallest absolute Gasteiger partial charge is 0.395 e. The van der Waals surface area contributed by atoms with Crippen molar-refractivity contribution in [2.24, 2.45) is 0 Å². The van der Waals surface area contributed by atoms with E-state index in [0.29, 0.717) is 5.56 Å². The van der Waals surface area contributed by atoms with Crippen LogP contribution in [0.5, 0.6) is 0 Å². The van der Waals surface area contributed by atoms with Gasteiger partial charge in [-0.3, -0.25) is 4.68 Å². The number of nitrogen functional groups attached to an aromatic ring is 1. The third-order valence-corrected chi connectivity index (χ3v) is 2.77. The van der Waals surface area contributed by atoms with Gasteiger partial charge in [-0.05, 0) is 24.6 Å². The summed E-state index contributed by atoms with van der Waals surface area (Å²) in [4.78, 5) is 0. The fourth-order valence-corrected chi connectivity index (χ4v) is 1.69. The van der Waals surface area contributed by atoms with Crippen LogP contribution in [-0.4, -0.2) is 9.78 Å². The lowest BCUT2D eigenvalue weighted by atomic mass is 10.2. The molecule has 0 aliphatic heterocycles. The number of nitrogens with two attached hydrogens (primary N) is 1. The molecule has 1 aromatic carbocycles. The predicted molar refractivity (Wildman–Crippen MR) is 61.9 cm³/mol. The molecule has 0 unspecified atom stereocenters. The number of nitrogens with zero attached hydrogens (tertiary/aromatic N) is 2. The van der Waals surface area contributed by atoms with Gasteiger partial charge in [-0.2, -0.15) is 18.3 Å². The minimum atomic E-state index is -4.58. The van der Waals surface area contributed by atoms with Crippen LogP contribution < -0.4 is 5.73 Å². The zero-order chi connectivity index (χ0) is 14.2. The molecule has 0 fully saturated rings. The fraction of sp³-hybridized carbons (Fsp3) is 0.250. The summed E-state index contributed by atoms with van der Waals surface area (Å²) in [5.41, 5.74) is 4.81. The first-order chi connectivity index (χ1) is 8.79. The van der Waals surface area contributed by atoms with Crippen LogP contribution in [0.2, 0.25) is 0 Å². The number of anilines is 1. The zero-order valence-corrected chi connectivity index (χ0v) is 10.0. The Labute approximate surface area is 106 Å². The molecule has 3 nitrogen and oxygen atoms in total. The Balaban J connectivity index is 2.34. The average Bonchev–Trinajstić information content (AvgIpc) is 2.60. The topological polar surface area (TPSA) is 43.8 Å². The second-order valence-corrected chi connectivity index (χ2v) is 4.13. The molecule has 0 radical (unpaired) electrons. The second-order valence-electron chi connectivity index (χ2n) is 4.13. The monoisotopic (exact) mass is 273 g/mol.